The van der Waals surface area contributed by atoms with Crippen LogP contribution in [0.4, 0.5) is 0 Å². The molecule has 0 aliphatic rings. The zero-order valence-electron chi connectivity index (χ0n) is 12.1. The highest BCUT2D eigenvalue weighted by atomic mass is 16.3. The number of nitroso groups, excluding NO2 is 1. The molecular weight excluding hydrogens is 226 g/mol. The molecule has 0 radical (unpaired) electrons. The van der Waals surface area contributed by atoms with E-state index in [0.29, 0.717) is 6.42 Å². The van der Waals surface area contributed by atoms with Gasteiger partial charge in [-0.1, -0.05) is 64.7 Å². The van der Waals surface area contributed by atoms with Gasteiger partial charge in [0.2, 0.25) is 6.04 Å². The molecule has 0 heterocycles. The Morgan fingerprint density at radius 2 is 1.33 bits per heavy atom. The monoisotopic (exact) mass is 258 g/mol. The summed E-state index contributed by atoms with van der Waals surface area (Å²) in [7, 11) is 0. The maximum atomic E-state index is 10.6. The SMILES string of the molecule is CCCCCCCCCCCCC(CCO)[NH+]=O. The maximum Gasteiger partial charge on any atom is 0.200 e. The second-order valence-electron chi connectivity index (χ2n) is 5.30. The Morgan fingerprint density at radius 1 is 0.833 bits per heavy atom. The highest BCUT2D eigenvalue weighted by Gasteiger charge is 2.12. The van der Waals surface area contributed by atoms with Crippen molar-refractivity contribution in [2.75, 3.05) is 6.61 Å². The number of aliphatic hydroxyl groups is 1. The molecule has 0 saturated carbocycles. The van der Waals surface area contributed by atoms with Gasteiger partial charge in [-0.15, -0.1) is 0 Å². The first kappa shape index (κ1) is 17.6. The van der Waals surface area contributed by atoms with E-state index in [1.54, 1.807) is 0 Å². The first-order valence-corrected chi connectivity index (χ1v) is 7.83. The first-order valence-electron chi connectivity index (χ1n) is 7.83. The summed E-state index contributed by atoms with van der Waals surface area (Å²) in [6.07, 6.45) is 14.7. The molecule has 0 aromatic carbocycles. The molecule has 3 heteroatoms. The van der Waals surface area contributed by atoms with Crippen LogP contribution in [-0.4, -0.2) is 17.8 Å². The standard InChI is InChI=1S/C15H31NO2/c1-2-3-4-5-6-7-8-9-10-11-12-15(16-18)13-14-17/h15,17H,2-14H2,1H3/p+1. The fourth-order valence-electron chi connectivity index (χ4n) is 2.30. The third-order valence-electron chi connectivity index (χ3n) is 3.55. The lowest BCUT2D eigenvalue weighted by atomic mass is 10.0. The van der Waals surface area contributed by atoms with Gasteiger partial charge in [0.1, 0.15) is 0 Å². The van der Waals surface area contributed by atoms with Gasteiger partial charge in [0.05, 0.1) is 0 Å². The van der Waals surface area contributed by atoms with E-state index in [9.17, 15) is 4.91 Å². The molecule has 108 valence electrons. The molecule has 0 aliphatic carbocycles. The zero-order chi connectivity index (χ0) is 13.5. The highest BCUT2D eigenvalue weighted by Crippen LogP contribution is 2.11. The van der Waals surface area contributed by atoms with Crippen molar-refractivity contribution in [3.63, 3.8) is 0 Å². The van der Waals surface area contributed by atoms with Crippen LogP contribution in [0.1, 0.15) is 84.0 Å². The first-order chi connectivity index (χ1) is 8.85. The van der Waals surface area contributed by atoms with Gasteiger partial charge in [0, 0.05) is 24.4 Å². The number of unbranched alkanes of at least 4 members (excludes halogenated alkanes) is 9. The van der Waals surface area contributed by atoms with E-state index in [1.165, 1.54) is 57.8 Å². The highest BCUT2D eigenvalue weighted by molar-refractivity contribution is 4.54. The van der Waals surface area contributed by atoms with E-state index >= 15 is 0 Å². The second-order valence-corrected chi connectivity index (χ2v) is 5.30. The van der Waals surface area contributed by atoms with Crippen molar-refractivity contribution in [1.82, 2.24) is 0 Å². The summed E-state index contributed by atoms with van der Waals surface area (Å²) in [5.41, 5.74) is 0. The van der Waals surface area contributed by atoms with Crippen LogP contribution in [0.5, 0.6) is 0 Å². The van der Waals surface area contributed by atoms with Crippen molar-refractivity contribution in [2.24, 2.45) is 0 Å². The summed E-state index contributed by atoms with van der Waals surface area (Å²) in [4.78, 5) is 10.6. The molecular formula is C15H32NO2+. The van der Waals surface area contributed by atoms with E-state index in [2.05, 4.69) is 6.92 Å². The number of aliphatic hydroxyl groups excluding tert-OH is 1. The summed E-state index contributed by atoms with van der Waals surface area (Å²) in [5, 5.41) is 10.8. The van der Waals surface area contributed by atoms with Crippen LogP contribution in [0.3, 0.4) is 0 Å². The Labute approximate surface area is 112 Å². The van der Waals surface area contributed by atoms with Gasteiger partial charge in [0.15, 0.2) is 0 Å². The van der Waals surface area contributed by atoms with E-state index < -0.39 is 0 Å². The third-order valence-corrected chi connectivity index (χ3v) is 3.55. The molecule has 1 atom stereocenters. The predicted octanol–water partition coefficient (Wildman–Crippen LogP) is 2.90. The molecule has 0 rings (SSSR count). The number of hydrogen-bond donors (Lipinski definition) is 2. The quantitative estimate of drug-likeness (QED) is 0.471. The predicted molar refractivity (Wildman–Crippen MR) is 76.3 cm³/mol. The fourth-order valence-corrected chi connectivity index (χ4v) is 2.30. The van der Waals surface area contributed by atoms with Gasteiger partial charge in [0.25, 0.3) is 0 Å². The molecule has 0 aromatic heterocycles. The van der Waals surface area contributed by atoms with Crippen molar-refractivity contribution in [3.8, 4) is 0 Å². The van der Waals surface area contributed by atoms with Crippen LogP contribution < -0.4 is 5.18 Å². The van der Waals surface area contributed by atoms with Crippen molar-refractivity contribution in [2.45, 2.75) is 90.0 Å². The van der Waals surface area contributed by atoms with Gasteiger partial charge >= 0.3 is 0 Å². The molecule has 0 saturated heterocycles. The molecule has 0 fully saturated rings. The van der Waals surface area contributed by atoms with E-state index in [-0.39, 0.29) is 12.6 Å². The van der Waals surface area contributed by atoms with Crippen molar-refractivity contribution in [1.29, 1.82) is 0 Å². The summed E-state index contributed by atoms with van der Waals surface area (Å²) >= 11 is 0. The van der Waals surface area contributed by atoms with Gasteiger partial charge in [-0.3, -0.25) is 0 Å². The smallest absolute Gasteiger partial charge is 0.200 e. The largest absolute Gasteiger partial charge is 0.396 e. The summed E-state index contributed by atoms with van der Waals surface area (Å²) in [6, 6.07) is -0.0379. The fraction of sp³-hybridized carbons (Fsp3) is 1.00. The minimum atomic E-state index is -0.0379. The topological polar surface area (TPSA) is 51.3 Å². The Balaban J connectivity index is 3.13. The van der Waals surface area contributed by atoms with Gasteiger partial charge in [-0.05, 0) is 11.6 Å². The normalized spacial score (nSPS) is 12.6. The van der Waals surface area contributed by atoms with E-state index in [1.807, 2.05) is 5.18 Å². The van der Waals surface area contributed by atoms with E-state index in [0.717, 1.165) is 12.8 Å². The van der Waals surface area contributed by atoms with Gasteiger partial charge in [-0.2, -0.15) is 0 Å². The van der Waals surface area contributed by atoms with Crippen LogP contribution in [0.15, 0.2) is 0 Å². The lowest BCUT2D eigenvalue weighted by Crippen LogP contribution is -2.72. The molecule has 18 heavy (non-hydrogen) atoms. The van der Waals surface area contributed by atoms with Crippen LogP contribution in [0.2, 0.25) is 0 Å². The van der Waals surface area contributed by atoms with Crippen LogP contribution in [-0.2, 0) is 0 Å². The summed E-state index contributed by atoms with van der Waals surface area (Å²) < 4.78 is 0. The minimum Gasteiger partial charge on any atom is -0.396 e. The summed E-state index contributed by atoms with van der Waals surface area (Å²) in [6.45, 7) is 2.36. The van der Waals surface area contributed by atoms with Crippen molar-refractivity contribution < 1.29 is 10.3 Å². The maximum absolute atomic E-state index is 10.6. The Kier molecular flexibility index (Phi) is 14.3. The molecule has 0 amide bonds. The average Bonchev–Trinajstić information content (AvgIpc) is 2.39. The van der Waals surface area contributed by atoms with Gasteiger partial charge in [-0.25, -0.2) is 0 Å². The van der Waals surface area contributed by atoms with Gasteiger partial charge < -0.3 is 5.11 Å². The third kappa shape index (κ3) is 12.0. The Hall–Kier alpha value is -0.440. The Bertz CT molecular complexity index is 174. The van der Waals surface area contributed by atoms with Crippen molar-refractivity contribution in [3.05, 3.63) is 4.91 Å². The lowest BCUT2D eigenvalue weighted by molar-refractivity contribution is -0.527. The molecule has 0 aromatic rings. The molecule has 3 nitrogen and oxygen atoms in total. The molecule has 0 bridgehead atoms. The zero-order valence-corrected chi connectivity index (χ0v) is 12.1. The van der Waals surface area contributed by atoms with Crippen molar-refractivity contribution >= 4 is 0 Å². The minimum absolute atomic E-state index is 0.0379. The van der Waals surface area contributed by atoms with Crippen LogP contribution in [0, 0.1) is 4.91 Å². The molecule has 0 spiro atoms. The average molecular weight is 258 g/mol. The second kappa shape index (κ2) is 14.6. The summed E-state index contributed by atoms with van der Waals surface area (Å²) in [5.74, 6) is 0. The molecule has 1 unspecified atom stereocenters. The van der Waals surface area contributed by atoms with Crippen LogP contribution >= 0.6 is 0 Å². The number of hydrogen-bond acceptors (Lipinski definition) is 2. The van der Waals surface area contributed by atoms with E-state index in [4.69, 9.17) is 5.11 Å². The van der Waals surface area contributed by atoms with Crippen LogP contribution in [0.25, 0.3) is 0 Å². The molecule has 2 N–H and O–H groups in total. The Morgan fingerprint density at radius 3 is 1.78 bits per heavy atom. The lowest BCUT2D eigenvalue weighted by Gasteiger charge is -2.03. The molecule has 0 aliphatic heterocycles. The number of rotatable bonds is 14. The number of nitrogens with one attached hydrogen (secondary N) is 1.